The van der Waals surface area contributed by atoms with E-state index in [0.717, 1.165) is 17.2 Å². The van der Waals surface area contributed by atoms with Gasteiger partial charge in [-0.25, -0.2) is 26.8 Å². The molecule has 0 bridgehead atoms. The van der Waals surface area contributed by atoms with Crippen LogP contribution in [0.4, 0.5) is 16.5 Å². The Morgan fingerprint density at radius 2 is 1.56 bits per heavy atom. The van der Waals surface area contributed by atoms with Crippen LogP contribution < -0.4 is 64.4 Å². The Bertz CT molecular complexity index is 2090. The Kier molecular flexibility index (Phi) is 11.3. The fourth-order valence-electron chi connectivity index (χ4n) is 3.87. The summed E-state index contributed by atoms with van der Waals surface area (Å²) in [6.45, 7) is 7.74. The Balaban J connectivity index is 0.00000276. The zero-order valence-electron chi connectivity index (χ0n) is 24.8. The van der Waals surface area contributed by atoms with Gasteiger partial charge >= 0.3 is 59.1 Å². The van der Waals surface area contributed by atoms with E-state index >= 15 is 0 Å². The molecule has 16 nitrogen and oxygen atoms in total. The van der Waals surface area contributed by atoms with Crippen LogP contribution in [0.25, 0.3) is 17.0 Å². The molecule has 0 fully saturated rings. The van der Waals surface area contributed by atoms with Crippen LogP contribution in [-0.2, 0) is 25.7 Å². The van der Waals surface area contributed by atoms with Gasteiger partial charge in [0.25, 0.3) is 5.91 Å². The quantitative estimate of drug-likeness (QED) is 0.104. The number of aromatic nitrogens is 6. The van der Waals surface area contributed by atoms with Gasteiger partial charge in [-0.2, -0.15) is 9.00 Å². The molecule has 3 heterocycles. The maximum Gasteiger partial charge on any atom is 1.00 e. The molecule has 0 spiro atoms. The van der Waals surface area contributed by atoms with Crippen molar-refractivity contribution >= 4 is 59.8 Å². The van der Waals surface area contributed by atoms with Crippen molar-refractivity contribution in [2.75, 3.05) is 5.32 Å². The van der Waals surface area contributed by atoms with Gasteiger partial charge < -0.3 is 14.4 Å². The molecule has 0 saturated heterocycles. The van der Waals surface area contributed by atoms with Crippen molar-refractivity contribution in [3.8, 4) is 11.4 Å². The first-order valence-corrected chi connectivity index (χ1v) is 15.8. The van der Waals surface area contributed by atoms with Gasteiger partial charge in [0.1, 0.15) is 26.1 Å². The van der Waals surface area contributed by atoms with Crippen LogP contribution in [0.1, 0.15) is 42.6 Å². The summed E-state index contributed by atoms with van der Waals surface area (Å²) in [4.78, 5) is 19.5. The number of amides is 1. The van der Waals surface area contributed by atoms with Gasteiger partial charge in [-0.1, -0.05) is 20.8 Å². The van der Waals surface area contributed by atoms with Crippen LogP contribution >= 0.6 is 11.5 Å². The number of aryl methyl sites for hydroxylation is 1. The van der Waals surface area contributed by atoms with Crippen molar-refractivity contribution in [2.24, 2.45) is 10.2 Å². The zero-order valence-corrected chi connectivity index (χ0v) is 31.2. The van der Waals surface area contributed by atoms with Crippen LogP contribution in [0.2, 0.25) is 0 Å². The van der Waals surface area contributed by atoms with Gasteiger partial charge in [-0.05, 0) is 49.4 Å². The Hall–Kier alpha value is -2.43. The minimum Gasteiger partial charge on any atom is -0.744 e. The second kappa shape index (κ2) is 13.7. The molecule has 0 aliphatic heterocycles. The number of hydrogen-bond acceptors (Lipinski definition) is 14. The first kappa shape index (κ1) is 37.0. The van der Waals surface area contributed by atoms with Gasteiger partial charge in [-0.3, -0.25) is 9.89 Å². The van der Waals surface area contributed by atoms with Crippen molar-refractivity contribution in [1.29, 1.82) is 0 Å². The third kappa shape index (κ3) is 8.49. The molecular formula is C24H21N9Na2O7S3. The van der Waals surface area contributed by atoms with Crippen LogP contribution in [0.5, 0.6) is 0 Å². The molecule has 5 rings (SSSR count). The number of fused-ring (bicyclic) bond motifs is 1. The Morgan fingerprint density at radius 1 is 0.956 bits per heavy atom. The predicted octanol–water partition coefficient (Wildman–Crippen LogP) is -2.33. The molecule has 5 aromatic rings. The number of carbonyl (C=O) groups is 1. The molecule has 2 aromatic carbocycles. The third-order valence-electron chi connectivity index (χ3n) is 5.90. The minimum atomic E-state index is -5.16. The SMILES string of the molecule is Cc1nsc(N=Nc2c(C(C)(C)C)[nH]n3nc(-c4ccc(NC(=O)c5cc(S(=O)(=O)[O-])cc(S(=O)(=O)[O-])c5)cc4)nc23)n1.[Na+].[Na+]. The third-order valence-corrected chi connectivity index (χ3v) is 8.21. The number of anilines is 1. The number of nitrogens with zero attached hydrogens (tertiary/aromatic N) is 7. The number of hydrogen-bond donors (Lipinski definition) is 2. The number of nitrogens with one attached hydrogen (secondary N) is 2. The molecule has 224 valence electrons. The van der Waals surface area contributed by atoms with E-state index in [4.69, 9.17) is 0 Å². The van der Waals surface area contributed by atoms with Crippen molar-refractivity contribution in [2.45, 2.75) is 42.9 Å². The van der Waals surface area contributed by atoms with Crippen molar-refractivity contribution in [3.63, 3.8) is 0 Å². The topological polar surface area (TPSA) is 240 Å². The van der Waals surface area contributed by atoms with Gasteiger partial charge in [0.05, 0.1) is 15.5 Å². The molecular weight excluding hydrogens is 669 g/mol. The first-order valence-electron chi connectivity index (χ1n) is 12.2. The summed E-state index contributed by atoms with van der Waals surface area (Å²) < 4.78 is 74.2. The molecule has 0 unspecified atom stereocenters. The Labute approximate surface area is 305 Å². The molecule has 2 N–H and O–H groups in total. The summed E-state index contributed by atoms with van der Waals surface area (Å²) in [5, 5.41) is 19.1. The van der Waals surface area contributed by atoms with Crippen LogP contribution in [0.15, 0.2) is 62.5 Å². The van der Waals surface area contributed by atoms with E-state index in [1.54, 1.807) is 19.1 Å². The minimum absolute atomic E-state index is 0. The molecule has 3 aromatic heterocycles. The van der Waals surface area contributed by atoms with E-state index in [1.807, 2.05) is 20.8 Å². The van der Waals surface area contributed by atoms with E-state index < -0.39 is 41.5 Å². The normalized spacial score (nSPS) is 12.2. The number of azo groups is 1. The fraction of sp³-hybridized carbons (Fsp3) is 0.208. The van der Waals surface area contributed by atoms with E-state index in [-0.39, 0.29) is 70.2 Å². The van der Waals surface area contributed by atoms with Gasteiger partial charge in [-0.15, -0.1) is 15.3 Å². The molecule has 0 radical (unpaired) electrons. The molecule has 0 saturated carbocycles. The summed E-state index contributed by atoms with van der Waals surface area (Å²) >= 11 is 1.11. The van der Waals surface area contributed by atoms with Crippen molar-refractivity contribution in [1.82, 2.24) is 29.2 Å². The van der Waals surface area contributed by atoms with Gasteiger partial charge in [0.15, 0.2) is 11.5 Å². The smallest absolute Gasteiger partial charge is 0.744 e. The first-order chi connectivity index (χ1) is 20.0. The number of H-pyrrole nitrogens is 1. The molecule has 45 heavy (non-hydrogen) atoms. The van der Waals surface area contributed by atoms with Gasteiger partial charge in [0, 0.05) is 33.8 Å². The maximum atomic E-state index is 12.8. The van der Waals surface area contributed by atoms with E-state index in [1.165, 1.54) is 16.8 Å². The number of benzene rings is 2. The van der Waals surface area contributed by atoms with Crippen molar-refractivity contribution < 1.29 is 89.9 Å². The summed E-state index contributed by atoms with van der Waals surface area (Å²) in [6.07, 6.45) is 0. The van der Waals surface area contributed by atoms with E-state index in [2.05, 4.69) is 40.1 Å². The van der Waals surface area contributed by atoms with Gasteiger partial charge in [0.2, 0.25) is 10.8 Å². The molecule has 0 atom stereocenters. The van der Waals surface area contributed by atoms with Crippen LogP contribution in [0.3, 0.4) is 0 Å². The van der Waals surface area contributed by atoms with Crippen LogP contribution in [-0.4, -0.2) is 61.0 Å². The second-order valence-electron chi connectivity index (χ2n) is 10.2. The average molecular weight is 690 g/mol. The monoisotopic (exact) mass is 689 g/mol. The molecule has 0 aliphatic rings. The predicted molar refractivity (Wildman–Crippen MR) is 151 cm³/mol. The zero-order chi connectivity index (χ0) is 31.3. The fourth-order valence-corrected chi connectivity index (χ4v) is 5.54. The summed E-state index contributed by atoms with van der Waals surface area (Å²) in [6, 6.07) is 7.99. The number of rotatable bonds is 7. The number of aromatic amines is 1. The second-order valence-corrected chi connectivity index (χ2v) is 13.7. The summed E-state index contributed by atoms with van der Waals surface area (Å²) in [5.74, 6) is -0.0407. The van der Waals surface area contributed by atoms with Crippen LogP contribution in [0, 0.1) is 6.92 Å². The molecule has 1 amide bonds. The largest absolute Gasteiger partial charge is 1.00 e. The van der Waals surface area contributed by atoms with E-state index in [9.17, 15) is 30.7 Å². The maximum absolute atomic E-state index is 12.8. The van der Waals surface area contributed by atoms with Crippen molar-refractivity contribution in [3.05, 3.63) is 59.5 Å². The molecule has 0 aliphatic carbocycles. The average Bonchev–Trinajstić information content (AvgIpc) is 3.61. The summed E-state index contributed by atoms with van der Waals surface area (Å²) in [7, 11) is -10.3. The standard InChI is InChI=1S/C24H23N9O7S3.2Na/c1-12-25-23(41-32-12)29-28-18-19(24(2,3)4)30-33-21(18)27-20(31-33)13-5-7-15(8-6-13)26-22(34)14-9-16(42(35,36)37)11-17(10-14)43(38,39)40;;/h5-11,30H,1-4H3,(H,26,34)(H,35,36,37)(H,38,39,40);;/q;2*+1/p-2. The Morgan fingerprint density at radius 3 is 2.07 bits per heavy atom. The van der Waals surface area contributed by atoms with E-state index in [0.29, 0.717) is 51.9 Å². The number of carbonyl (C=O) groups excluding carboxylic acids is 1. The molecule has 21 heteroatoms. The summed E-state index contributed by atoms with van der Waals surface area (Å²) in [5.41, 5.74) is 1.58.